The van der Waals surface area contributed by atoms with Gasteiger partial charge in [0.05, 0.1) is 49.3 Å². The van der Waals surface area contributed by atoms with E-state index < -0.39 is 5.91 Å². The predicted octanol–water partition coefficient (Wildman–Crippen LogP) is 4.96. The van der Waals surface area contributed by atoms with Crippen molar-refractivity contribution >= 4 is 40.6 Å². The Morgan fingerprint density at radius 1 is 1.00 bits per heavy atom. The number of amides is 2. The van der Waals surface area contributed by atoms with Crippen LogP contribution >= 0.6 is 11.6 Å². The summed E-state index contributed by atoms with van der Waals surface area (Å²) in [7, 11) is 2.92. The number of carbonyl (C=O) groups is 3. The molecule has 5 rings (SSSR count). The maximum Gasteiger partial charge on any atom is 0.279 e. The number of rotatable bonds is 7. The van der Waals surface area contributed by atoms with E-state index in [1.54, 1.807) is 52.0 Å². The van der Waals surface area contributed by atoms with E-state index in [-0.39, 0.29) is 40.2 Å². The quantitative estimate of drug-likeness (QED) is 0.312. The van der Waals surface area contributed by atoms with Crippen molar-refractivity contribution in [3.05, 3.63) is 99.8 Å². The minimum absolute atomic E-state index is 0.213. The zero-order valence-electron chi connectivity index (χ0n) is 22.3. The van der Waals surface area contributed by atoms with E-state index in [9.17, 15) is 19.6 Å². The molecule has 206 valence electrons. The number of benzene rings is 3. The topological polar surface area (TPSA) is 127 Å². The van der Waals surface area contributed by atoms with Crippen LogP contribution < -0.4 is 19.7 Å². The minimum Gasteiger partial charge on any atom is -0.495 e. The molecular weight excluding hydrogens is 546 g/mol. The molecule has 0 unspecified atom stereocenters. The number of hydrogen-bond acceptors (Lipinski definition) is 7. The van der Waals surface area contributed by atoms with E-state index >= 15 is 0 Å². The molecule has 41 heavy (non-hydrogen) atoms. The van der Waals surface area contributed by atoms with E-state index in [1.807, 2.05) is 13.0 Å². The molecule has 10 nitrogen and oxygen atoms in total. The van der Waals surface area contributed by atoms with Gasteiger partial charge in [-0.15, -0.1) is 0 Å². The number of halogens is 1. The van der Waals surface area contributed by atoms with Gasteiger partial charge in [0.1, 0.15) is 23.3 Å². The van der Waals surface area contributed by atoms with Crippen molar-refractivity contribution in [1.29, 1.82) is 5.26 Å². The lowest BCUT2D eigenvalue weighted by atomic mass is 10.0. The number of ketones is 1. The largest absolute Gasteiger partial charge is 0.495 e. The first kappa shape index (κ1) is 27.4. The fraction of sp³-hybridized carbons (Fsp3) is 0.167. The Morgan fingerprint density at radius 3 is 2.37 bits per heavy atom. The number of nitrogens with zero attached hydrogens (tertiary/aromatic N) is 4. The van der Waals surface area contributed by atoms with Crippen molar-refractivity contribution in [3.8, 4) is 17.6 Å². The van der Waals surface area contributed by atoms with Crippen molar-refractivity contribution < 1.29 is 23.9 Å². The van der Waals surface area contributed by atoms with E-state index in [0.717, 1.165) is 0 Å². The zero-order chi connectivity index (χ0) is 29.3. The number of anilines is 2. The molecule has 0 bridgehead atoms. The van der Waals surface area contributed by atoms with Gasteiger partial charge in [-0.2, -0.15) is 10.4 Å². The molecule has 0 aliphatic carbocycles. The molecule has 0 saturated heterocycles. The van der Waals surface area contributed by atoms with Gasteiger partial charge in [-0.25, -0.2) is 0 Å². The maximum atomic E-state index is 13.7. The molecular formula is C30H24ClN5O5. The number of hydrogen-bond donors (Lipinski definition) is 1. The monoisotopic (exact) mass is 569 g/mol. The summed E-state index contributed by atoms with van der Waals surface area (Å²) in [6, 6.07) is 17.8. The summed E-state index contributed by atoms with van der Waals surface area (Å²) in [4.78, 5) is 41.4. The second-order valence-corrected chi connectivity index (χ2v) is 9.73. The summed E-state index contributed by atoms with van der Waals surface area (Å²) in [5, 5.41) is 16.8. The Morgan fingerprint density at radius 2 is 1.68 bits per heavy atom. The Hall–Kier alpha value is -5.14. The summed E-state index contributed by atoms with van der Waals surface area (Å²) in [5.74, 6) is -0.318. The molecule has 4 aromatic rings. The molecule has 0 fully saturated rings. The van der Waals surface area contributed by atoms with Crippen molar-refractivity contribution in [2.45, 2.75) is 19.5 Å². The van der Waals surface area contributed by atoms with E-state index in [2.05, 4.69) is 10.4 Å². The summed E-state index contributed by atoms with van der Waals surface area (Å²) in [6.45, 7) is 2.28. The SMILES string of the molecule is COc1cc(C(=O)c2ccc(N3C(=O)c4c(NC(=O)c5ccc(OC)c(C#N)c5)cnn4C[C@@H]3C)cc2)ccc1Cl. The number of nitrogens with one attached hydrogen (secondary N) is 1. The van der Waals surface area contributed by atoms with Gasteiger partial charge in [-0.1, -0.05) is 11.6 Å². The van der Waals surface area contributed by atoms with Crippen molar-refractivity contribution in [3.63, 3.8) is 0 Å². The van der Waals surface area contributed by atoms with Crippen LogP contribution in [-0.4, -0.2) is 47.6 Å². The molecule has 2 amide bonds. The fourth-order valence-electron chi connectivity index (χ4n) is 4.73. The van der Waals surface area contributed by atoms with Crippen LogP contribution in [0.5, 0.6) is 11.5 Å². The van der Waals surface area contributed by atoms with Crippen molar-refractivity contribution in [1.82, 2.24) is 9.78 Å². The Bertz CT molecular complexity index is 1720. The van der Waals surface area contributed by atoms with Crippen LogP contribution in [0.25, 0.3) is 0 Å². The lowest BCUT2D eigenvalue weighted by Gasteiger charge is -2.34. The average Bonchev–Trinajstić information content (AvgIpc) is 3.39. The lowest BCUT2D eigenvalue weighted by Crippen LogP contribution is -2.47. The normalized spacial score (nSPS) is 14.2. The summed E-state index contributed by atoms with van der Waals surface area (Å²) in [6.07, 6.45) is 1.43. The first-order valence-corrected chi connectivity index (χ1v) is 12.9. The first-order valence-electron chi connectivity index (χ1n) is 12.5. The van der Waals surface area contributed by atoms with Gasteiger partial charge in [0, 0.05) is 22.4 Å². The zero-order valence-corrected chi connectivity index (χ0v) is 23.1. The number of carbonyl (C=O) groups excluding carboxylic acids is 3. The van der Waals surface area contributed by atoms with Gasteiger partial charge < -0.3 is 19.7 Å². The van der Waals surface area contributed by atoms with Crippen LogP contribution in [-0.2, 0) is 6.54 Å². The van der Waals surface area contributed by atoms with Crippen molar-refractivity contribution in [2.24, 2.45) is 0 Å². The molecule has 3 aromatic carbocycles. The highest BCUT2D eigenvalue weighted by molar-refractivity contribution is 6.32. The van der Waals surface area contributed by atoms with Gasteiger partial charge in [-0.3, -0.25) is 19.1 Å². The Balaban J connectivity index is 1.38. The second kappa shape index (κ2) is 11.2. The highest BCUT2D eigenvalue weighted by Gasteiger charge is 2.35. The van der Waals surface area contributed by atoms with E-state index in [0.29, 0.717) is 39.9 Å². The highest BCUT2D eigenvalue weighted by Crippen LogP contribution is 2.31. The number of methoxy groups -OCH3 is 2. The Kier molecular flexibility index (Phi) is 7.46. The van der Waals surface area contributed by atoms with Gasteiger partial charge in [-0.05, 0) is 67.6 Å². The predicted molar refractivity (Wildman–Crippen MR) is 152 cm³/mol. The van der Waals surface area contributed by atoms with Crippen LogP contribution in [0.4, 0.5) is 11.4 Å². The third kappa shape index (κ3) is 5.11. The lowest BCUT2D eigenvalue weighted by molar-refractivity contribution is 0.0947. The molecule has 2 heterocycles. The first-order chi connectivity index (χ1) is 19.7. The average molecular weight is 570 g/mol. The second-order valence-electron chi connectivity index (χ2n) is 9.32. The van der Waals surface area contributed by atoms with Gasteiger partial charge >= 0.3 is 0 Å². The molecule has 0 radical (unpaired) electrons. The number of nitriles is 1. The molecule has 1 aliphatic heterocycles. The standard InChI is InChI=1S/C30H24ClN5O5/c1-17-16-35-27(24(15-33-35)34-29(38)20-7-11-25(40-2)21(12-20)14-32)30(39)36(17)22-8-4-18(5-9-22)28(37)19-6-10-23(31)26(13-19)41-3/h4-13,15,17H,16H2,1-3H3,(H,34,38)/t17-/m0/s1. The van der Waals surface area contributed by atoms with Gasteiger partial charge in [0.2, 0.25) is 0 Å². The minimum atomic E-state index is -0.500. The van der Waals surface area contributed by atoms with E-state index in [4.69, 9.17) is 21.1 Å². The smallest absolute Gasteiger partial charge is 0.279 e. The third-order valence-corrected chi connectivity index (χ3v) is 7.10. The van der Waals surface area contributed by atoms with Crippen LogP contribution in [0, 0.1) is 11.3 Å². The number of aromatic nitrogens is 2. The van der Waals surface area contributed by atoms with E-state index in [1.165, 1.54) is 38.6 Å². The van der Waals surface area contributed by atoms with Crippen LogP contribution in [0.2, 0.25) is 5.02 Å². The summed E-state index contributed by atoms with van der Waals surface area (Å²) >= 11 is 6.08. The Labute approximate surface area is 240 Å². The summed E-state index contributed by atoms with van der Waals surface area (Å²) in [5.41, 5.74) is 2.36. The molecule has 1 aliphatic rings. The third-order valence-electron chi connectivity index (χ3n) is 6.79. The van der Waals surface area contributed by atoms with Crippen LogP contribution in [0.15, 0.2) is 66.9 Å². The molecule has 0 spiro atoms. The number of ether oxygens (including phenoxy) is 2. The molecule has 1 N–H and O–H groups in total. The molecule has 11 heteroatoms. The van der Waals surface area contributed by atoms with Gasteiger partial charge in [0.25, 0.3) is 11.8 Å². The van der Waals surface area contributed by atoms with Crippen LogP contribution in [0.3, 0.4) is 0 Å². The highest BCUT2D eigenvalue weighted by atomic mass is 35.5. The molecule has 1 aromatic heterocycles. The maximum absolute atomic E-state index is 13.7. The van der Waals surface area contributed by atoms with Crippen LogP contribution in [0.1, 0.15) is 49.3 Å². The molecule has 1 atom stereocenters. The van der Waals surface area contributed by atoms with Gasteiger partial charge in [0.15, 0.2) is 5.78 Å². The number of fused-ring (bicyclic) bond motifs is 1. The molecule has 0 saturated carbocycles. The van der Waals surface area contributed by atoms with Crippen molar-refractivity contribution in [2.75, 3.05) is 24.4 Å². The summed E-state index contributed by atoms with van der Waals surface area (Å²) < 4.78 is 11.9. The fourth-order valence-corrected chi connectivity index (χ4v) is 4.93.